The van der Waals surface area contributed by atoms with Crippen molar-refractivity contribution in [2.24, 2.45) is 5.92 Å². The van der Waals surface area contributed by atoms with Gasteiger partial charge >= 0.3 is 0 Å². The normalized spacial score (nSPS) is 18.6. The van der Waals surface area contributed by atoms with Crippen LogP contribution in [0.5, 0.6) is 0 Å². The molecule has 6 heteroatoms. The molecule has 1 heterocycles. The Labute approximate surface area is 133 Å². The smallest absolute Gasteiger partial charge is 0.232 e. The predicted molar refractivity (Wildman–Crippen MR) is 84.4 cm³/mol. The van der Waals surface area contributed by atoms with E-state index in [0.29, 0.717) is 28.1 Å². The van der Waals surface area contributed by atoms with Gasteiger partial charge in [-0.1, -0.05) is 29.3 Å². The van der Waals surface area contributed by atoms with Crippen molar-refractivity contribution >= 4 is 40.9 Å². The third-order valence-corrected chi connectivity index (χ3v) is 4.95. The minimum atomic E-state index is 0.135. The lowest BCUT2D eigenvalue weighted by molar-refractivity contribution is -0.127. The summed E-state index contributed by atoms with van der Waals surface area (Å²) in [6.45, 7) is 1.60. The van der Waals surface area contributed by atoms with Crippen molar-refractivity contribution in [3.63, 3.8) is 0 Å². The van der Waals surface area contributed by atoms with E-state index in [1.165, 1.54) is 0 Å². The van der Waals surface area contributed by atoms with E-state index in [4.69, 9.17) is 28.3 Å². The Morgan fingerprint density at radius 1 is 1.45 bits per heavy atom. The maximum Gasteiger partial charge on any atom is 0.232 e. The summed E-state index contributed by atoms with van der Waals surface area (Å²) in [7, 11) is 0. The van der Waals surface area contributed by atoms with Gasteiger partial charge < -0.3 is 10.0 Å². The molecule has 1 amide bonds. The highest BCUT2D eigenvalue weighted by Crippen LogP contribution is 2.25. The van der Waals surface area contributed by atoms with Crippen LogP contribution in [-0.2, 0) is 10.5 Å². The van der Waals surface area contributed by atoms with E-state index in [9.17, 15) is 4.79 Å². The lowest BCUT2D eigenvalue weighted by atomic mass is 10.1. The van der Waals surface area contributed by atoms with Crippen LogP contribution in [0, 0.1) is 5.92 Å². The summed E-state index contributed by atoms with van der Waals surface area (Å²) in [6, 6.07) is 5.41. The topological polar surface area (TPSA) is 40.5 Å². The van der Waals surface area contributed by atoms with Crippen molar-refractivity contribution in [2.45, 2.75) is 12.2 Å². The molecule has 0 spiro atoms. The summed E-state index contributed by atoms with van der Waals surface area (Å²) in [4.78, 5) is 13.8. The van der Waals surface area contributed by atoms with E-state index in [1.807, 2.05) is 11.0 Å². The summed E-state index contributed by atoms with van der Waals surface area (Å²) in [5.41, 5.74) is 0.989. The summed E-state index contributed by atoms with van der Waals surface area (Å²) >= 11 is 13.5. The van der Waals surface area contributed by atoms with Crippen LogP contribution in [0.3, 0.4) is 0 Å². The van der Waals surface area contributed by atoms with E-state index in [0.717, 1.165) is 18.5 Å². The SMILES string of the molecule is O=C(CSCc1ccc(Cl)cc1Cl)N1CCC(CO)C1. The molecule has 1 aliphatic rings. The Bertz CT molecular complexity index is 484. The quantitative estimate of drug-likeness (QED) is 0.900. The second-order valence-electron chi connectivity index (χ2n) is 4.91. The van der Waals surface area contributed by atoms with Crippen molar-refractivity contribution in [2.75, 3.05) is 25.4 Å². The number of amides is 1. The van der Waals surface area contributed by atoms with Gasteiger partial charge in [0.25, 0.3) is 0 Å². The summed E-state index contributed by atoms with van der Waals surface area (Å²) in [6.07, 6.45) is 0.899. The molecule has 1 atom stereocenters. The lowest BCUT2D eigenvalue weighted by Gasteiger charge is -2.16. The average molecular weight is 334 g/mol. The number of aliphatic hydroxyl groups is 1. The molecule has 0 saturated carbocycles. The first kappa shape index (κ1) is 16.0. The van der Waals surface area contributed by atoms with Crippen LogP contribution in [0.15, 0.2) is 18.2 Å². The van der Waals surface area contributed by atoms with Crippen LogP contribution in [0.2, 0.25) is 10.0 Å². The minimum absolute atomic E-state index is 0.135. The number of carbonyl (C=O) groups excluding carboxylic acids is 1. The zero-order valence-electron chi connectivity index (χ0n) is 11.0. The molecular formula is C14H17Cl2NO2S. The zero-order chi connectivity index (χ0) is 14.5. The van der Waals surface area contributed by atoms with E-state index < -0.39 is 0 Å². The second-order valence-corrected chi connectivity index (χ2v) is 6.73. The number of nitrogens with zero attached hydrogens (tertiary/aromatic N) is 1. The third-order valence-electron chi connectivity index (χ3n) is 3.39. The molecule has 1 aromatic carbocycles. The largest absolute Gasteiger partial charge is 0.396 e. The first-order chi connectivity index (χ1) is 9.60. The van der Waals surface area contributed by atoms with Crippen LogP contribution >= 0.6 is 35.0 Å². The van der Waals surface area contributed by atoms with Gasteiger partial charge in [-0.25, -0.2) is 0 Å². The van der Waals surface area contributed by atoms with Crippen molar-refractivity contribution < 1.29 is 9.90 Å². The van der Waals surface area contributed by atoms with Crippen molar-refractivity contribution in [3.8, 4) is 0 Å². The van der Waals surface area contributed by atoms with Gasteiger partial charge in [-0.3, -0.25) is 4.79 Å². The molecule has 2 rings (SSSR count). The first-order valence-corrected chi connectivity index (χ1v) is 8.41. The van der Waals surface area contributed by atoms with Crippen LogP contribution in [-0.4, -0.2) is 41.4 Å². The Morgan fingerprint density at radius 3 is 2.90 bits per heavy atom. The van der Waals surface area contributed by atoms with Gasteiger partial charge in [-0.15, -0.1) is 11.8 Å². The number of carbonyl (C=O) groups is 1. The number of thioether (sulfide) groups is 1. The average Bonchev–Trinajstić information content (AvgIpc) is 2.90. The van der Waals surface area contributed by atoms with Crippen molar-refractivity contribution in [1.29, 1.82) is 0 Å². The maximum atomic E-state index is 12.0. The first-order valence-electron chi connectivity index (χ1n) is 6.50. The lowest BCUT2D eigenvalue weighted by Crippen LogP contribution is -2.30. The fourth-order valence-corrected chi connectivity index (χ4v) is 3.67. The van der Waals surface area contributed by atoms with Gasteiger partial charge in [0.1, 0.15) is 0 Å². The number of hydrogen-bond donors (Lipinski definition) is 1. The third kappa shape index (κ3) is 4.29. The summed E-state index contributed by atoms with van der Waals surface area (Å²) in [5.74, 6) is 1.52. The fourth-order valence-electron chi connectivity index (χ4n) is 2.19. The number of halogens is 2. The molecule has 20 heavy (non-hydrogen) atoms. The highest BCUT2D eigenvalue weighted by molar-refractivity contribution is 7.99. The van der Waals surface area contributed by atoms with Crippen molar-refractivity contribution in [3.05, 3.63) is 33.8 Å². The molecule has 1 saturated heterocycles. The number of hydrogen-bond acceptors (Lipinski definition) is 3. The Morgan fingerprint density at radius 2 is 2.25 bits per heavy atom. The Kier molecular flexibility index (Phi) is 6.02. The molecule has 1 fully saturated rings. The number of likely N-dealkylation sites (tertiary alicyclic amines) is 1. The molecule has 0 radical (unpaired) electrons. The van der Waals surface area contributed by atoms with Gasteiger partial charge in [0.05, 0.1) is 5.75 Å². The number of rotatable bonds is 5. The molecule has 1 aliphatic heterocycles. The Balaban J connectivity index is 1.77. The molecule has 110 valence electrons. The predicted octanol–water partition coefficient (Wildman–Crippen LogP) is 3.07. The molecule has 0 aliphatic carbocycles. The molecule has 1 aromatic rings. The van der Waals surface area contributed by atoms with Crippen LogP contribution in [0.4, 0.5) is 0 Å². The number of benzene rings is 1. The van der Waals surface area contributed by atoms with Crippen molar-refractivity contribution in [1.82, 2.24) is 4.90 Å². The number of aliphatic hydroxyl groups excluding tert-OH is 1. The van der Waals surface area contributed by atoms with E-state index in [1.54, 1.807) is 23.9 Å². The molecule has 1 N–H and O–H groups in total. The second kappa shape index (κ2) is 7.55. The van der Waals surface area contributed by atoms with E-state index in [2.05, 4.69) is 0 Å². The van der Waals surface area contributed by atoms with Gasteiger partial charge in [0.15, 0.2) is 0 Å². The molecule has 0 aromatic heterocycles. The van der Waals surface area contributed by atoms with Gasteiger partial charge in [0.2, 0.25) is 5.91 Å². The van der Waals surface area contributed by atoms with E-state index in [-0.39, 0.29) is 18.4 Å². The molecule has 3 nitrogen and oxygen atoms in total. The maximum absolute atomic E-state index is 12.0. The molecular weight excluding hydrogens is 317 g/mol. The van der Waals surface area contributed by atoms with Gasteiger partial charge in [-0.05, 0) is 24.1 Å². The summed E-state index contributed by atoms with van der Waals surface area (Å²) in [5, 5.41) is 10.3. The van der Waals surface area contributed by atoms with Gasteiger partial charge in [-0.2, -0.15) is 0 Å². The standard InChI is InChI=1S/C14H17Cl2NO2S/c15-12-2-1-11(13(16)5-12)8-20-9-14(19)17-4-3-10(6-17)7-18/h1-2,5,10,18H,3-4,6-9H2. The fraction of sp³-hybridized carbons (Fsp3) is 0.500. The van der Waals surface area contributed by atoms with Crippen LogP contribution in [0.25, 0.3) is 0 Å². The Hall–Kier alpha value is -0.420. The highest BCUT2D eigenvalue weighted by atomic mass is 35.5. The molecule has 0 bridgehead atoms. The minimum Gasteiger partial charge on any atom is -0.396 e. The zero-order valence-corrected chi connectivity index (χ0v) is 13.3. The molecule has 1 unspecified atom stereocenters. The highest BCUT2D eigenvalue weighted by Gasteiger charge is 2.25. The van der Waals surface area contributed by atoms with Gasteiger partial charge in [0, 0.05) is 41.4 Å². The van der Waals surface area contributed by atoms with Crippen LogP contribution in [0.1, 0.15) is 12.0 Å². The summed E-state index contributed by atoms with van der Waals surface area (Å²) < 4.78 is 0. The van der Waals surface area contributed by atoms with Crippen LogP contribution < -0.4 is 0 Å². The monoisotopic (exact) mass is 333 g/mol. The van der Waals surface area contributed by atoms with E-state index >= 15 is 0 Å².